The Balaban J connectivity index is 2.02. The van der Waals surface area contributed by atoms with Crippen molar-refractivity contribution in [1.29, 1.82) is 0 Å². The van der Waals surface area contributed by atoms with Crippen molar-refractivity contribution >= 4 is 22.5 Å². The summed E-state index contributed by atoms with van der Waals surface area (Å²) in [7, 11) is 1.59. The van der Waals surface area contributed by atoms with Crippen molar-refractivity contribution in [3.63, 3.8) is 0 Å². The third-order valence-electron chi connectivity index (χ3n) is 3.09. The van der Waals surface area contributed by atoms with Gasteiger partial charge in [0.25, 0.3) is 5.91 Å². The van der Waals surface area contributed by atoms with Crippen LogP contribution in [0.1, 0.15) is 10.4 Å². The number of benzene rings is 1. The number of aromatic nitrogens is 2. The maximum absolute atomic E-state index is 12.2. The van der Waals surface area contributed by atoms with Crippen LogP contribution in [-0.4, -0.2) is 23.0 Å². The van der Waals surface area contributed by atoms with Gasteiger partial charge in [-0.3, -0.25) is 14.8 Å². The maximum atomic E-state index is 12.2. The number of pyridine rings is 2. The van der Waals surface area contributed by atoms with Crippen LogP contribution in [0.3, 0.4) is 0 Å². The molecule has 1 aromatic carbocycles. The summed E-state index contributed by atoms with van der Waals surface area (Å²) in [6.45, 7) is 0. The van der Waals surface area contributed by atoms with Gasteiger partial charge in [0.15, 0.2) is 0 Å². The summed E-state index contributed by atoms with van der Waals surface area (Å²) in [5, 5.41) is 3.76. The van der Waals surface area contributed by atoms with Gasteiger partial charge in [-0.2, -0.15) is 0 Å². The summed E-state index contributed by atoms with van der Waals surface area (Å²) in [6.07, 6.45) is 4.83. The fraction of sp³-hybridized carbons (Fsp3) is 0.0625. The van der Waals surface area contributed by atoms with E-state index >= 15 is 0 Å². The van der Waals surface area contributed by atoms with E-state index in [4.69, 9.17) is 4.74 Å². The van der Waals surface area contributed by atoms with E-state index in [-0.39, 0.29) is 5.91 Å². The van der Waals surface area contributed by atoms with E-state index in [1.807, 2.05) is 18.2 Å². The van der Waals surface area contributed by atoms with Crippen molar-refractivity contribution in [2.24, 2.45) is 0 Å². The van der Waals surface area contributed by atoms with Crippen LogP contribution in [0.15, 0.2) is 55.0 Å². The molecule has 0 spiro atoms. The van der Waals surface area contributed by atoms with Crippen molar-refractivity contribution in [3.8, 4) is 5.75 Å². The van der Waals surface area contributed by atoms with Crippen molar-refractivity contribution in [3.05, 3.63) is 60.6 Å². The molecular formula is C16H13N3O2. The van der Waals surface area contributed by atoms with E-state index in [1.54, 1.807) is 37.7 Å². The Morgan fingerprint density at radius 3 is 2.81 bits per heavy atom. The fourth-order valence-corrected chi connectivity index (χ4v) is 2.07. The smallest absolute Gasteiger partial charge is 0.257 e. The first-order valence-electron chi connectivity index (χ1n) is 6.42. The monoisotopic (exact) mass is 279 g/mol. The lowest BCUT2D eigenvalue weighted by atomic mass is 10.1. The standard InChI is InChI=1S/C16H13N3O2/c1-21-13-8-11-4-3-7-18-15(11)14(9-13)19-16(20)12-5-2-6-17-10-12/h2-10H,1H3,(H,19,20). The van der Waals surface area contributed by atoms with Crippen molar-refractivity contribution in [1.82, 2.24) is 9.97 Å². The first-order valence-corrected chi connectivity index (χ1v) is 6.42. The average Bonchev–Trinajstić information content (AvgIpc) is 2.55. The summed E-state index contributed by atoms with van der Waals surface area (Å²) in [6, 6.07) is 10.8. The normalized spacial score (nSPS) is 10.3. The number of ether oxygens (including phenoxy) is 1. The van der Waals surface area contributed by atoms with Gasteiger partial charge in [0, 0.05) is 30.0 Å². The van der Waals surface area contributed by atoms with Crippen molar-refractivity contribution in [2.75, 3.05) is 12.4 Å². The molecule has 0 saturated heterocycles. The van der Waals surface area contributed by atoms with Gasteiger partial charge in [-0.25, -0.2) is 0 Å². The van der Waals surface area contributed by atoms with Crippen LogP contribution in [0, 0.1) is 0 Å². The minimum Gasteiger partial charge on any atom is -0.497 e. The Bertz CT molecular complexity index is 788. The summed E-state index contributed by atoms with van der Waals surface area (Å²) < 4.78 is 5.26. The highest BCUT2D eigenvalue weighted by Crippen LogP contribution is 2.27. The van der Waals surface area contributed by atoms with Gasteiger partial charge in [-0.15, -0.1) is 0 Å². The molecule has 0 aliphatic carbocycles. The summed E-state index contributed by atoms with van der Waals surface area (Å²) >= 11 is 0. The van der Waals surface area contributed by atoms with Gasteiger partial charge >= 0.3 is 0 Å². The zero-order valence-electron chi connectivity index (χ0n) is 11.4. The maximum Gasteiger partial charge on any atom is 0.257 e. The number of nitrogens with one attached hydrogen (secondary N) is 1. The fourth-order valence-electron chi connectivity index (χ4n) is 2.07. The summed E-state index contributed by atoms with van der Waals surface area (Å²) in [4.78, 5) is 20.5. The molecule has 0 saturated carbocycles. The molecule has 0 unspecified atom stereocenters. The van der Waals surface area contributed by atoms with Crippen molar-refractivity contribution in [2.45, 2.75) is 0 Å². The molecule has 5 nitrogen and oxygen atoms in total. The number of fused-ring (bicyclic) bond motifs is 1. The first kappa shape index (κ1) is 13.1. The van der Waals surface area contributed by atoms with Crippen LogP contribution in [0.2, 0.25) is 0 Å². The van der Waals surface area contributed by atoms with E-state index in [0.29, 0.717) is 17.0 Å². The third kappa shape index (κ3) is 2.67. The van der Waals surface area contributed by atoms with E-state index in [1.165, 1.54) is 6.20 Å². The van der Waals surface area contributed by atoms with Gasteiger partial charge in [-0.05, 0) is 24.3 Å². The lowest BCUT2D eigenvalue weighted by Gasteiger charge is -2.10. The molecule has 0 bridgehead atoms. The predicted octanol–water partition coefficient (Wildman–Crippen LogP) is 2.89. The second-order valence-corrected chi connectivity index (χ2v) is 4.45. The Morgan fingerprint density at radius 1 is 1.19 bits per heavy atom. The van der Waals surface area contributed by atoms with Crippen LogP contribution in [0.25, 0.3) is 10.9 Å². The van der Waals surface area contributed by atoms with Gasteiger partial charge < -0.3 is 10.1 Å². The molecule has 1 N–H and O–H groups in total. The molecule has 3 rings (SSSR count). The molecule has 2 heterocycles. The van der Waals surface area contributed by atoms with Crippen molar-refractivity contribution < 1.29 is 9.53 Å². The molecule has 2 aromatic heterocycles. The number of hydrogen-bond donors (Lipinski definition) is 1. The second-order valence-electron chi connectivity index (χ2n) is 4.45. The Labute approximate surface area is 121 Å². The number of hydrogen-bond acceptors (Lipinski definition) is 4. The first-order chi connectivity index (χ1) is 10.3. The molecule has 0 fully saturated rings. The quantitative estimate of drug-likeness (QED) is 0.800. The molecule has 104 valence electrons. The molecule has 21 heavy (non-hydrogen) atoms. The van der Waals surface area contributed by atoms with Gasteiger partial charge in [0.2, 0.25) is 0 Å². The number of amides is 1. The van der Waals surface area contributed by atoms with E-state index in [2.05, 4.69) is 15.3 Å². The largest absolute Gasteiger partial charge is 0.497 e. The van der Waals surface area contributed by atoms with Gasteiger partial charge in [0.1, 0.15) is 5.75 Å². The van der Waals surface area contributed by atoms with E-state index in [0.717, 1.165) is 10.9 Å². The number of anilines is 1. The molecule has 5 heteroatoms. The lowest BCUT2D eigenvalue weighted by molar-refractivity contribution is 0.102. The molecular weight excluding hydrogens is 266 g/mol. The lowest BCUT2D eigenvalue weighted by Crippen LogP contribution is -2.12. The number of nitrogens with zero attached hydrogens (tertiary/aromatic N) is 2. The zero-order chi connectivity index (χ0) is 14.7. The summed E-state index contributed by atoms with van der Waals surface area (Å²) in [5.41, 5.74) is 1.82. The average molecular weight is 279 g/mol. The summed E-state index contributed by atoms with van der Waals surface area (Å²) in [5.74, 6) is 0.431. The van der Waals surface area contributed by atoms with E-state index < -0.39 is 0 Å². The number of methoxy groups -OCH3 is 1. The van der Waals surface area contributed by atoms with Crippen LogP contribution in [0.4, 0.5) is 5.69 Å². The van der Waals surface area contributed by atoms with Gasteiger partial charge in [0.05, 0.1) is 23.9 Å². The second kappa shape index (κ2) is 5.58. The third-order valence-corrected chi connectivity index (χ3v) is 3.09. The molecule has 0 aliphatic heterocycles. The SMILES string of the molecule is COc1cc(NC(=O)c2cccnc2)c2ncccc2c1. The molecule has 0 atom stereocenters. The van der Waals surface area contributed by atoms with E-state index in [9.17, 15) is 4.79 Å². The number of carbonyl (C=O) groups is 1. The van der Waals surface area contributed by atoms with Crippen LogP contribution < -0.4 is 10.1 Å². The molecule has 0 radical (unpaired) electrons. The Morgan fingerprint density at radius 2 is 2.05 bits per heavy atom. The molecule has 3 aromatic rings. The highest BCUT2D eigenvalue weighted by Gasteiger charge is 2.10. The number of carbonyl (C=O) groups excluding carboxylic acids is 1. The minimum absolute atomic E-state index is 0.233. The van der Waals surface area contributed by atoms with Gasteiger partial charge in [-0.1, -0.05) is 6.07 Å². The topological polar surface area (TPSA) is 64.1 Å². The molecule has 1 amide bonds. The van der Waals surface area contributed by atoms with Crippen LogP contribution in [-0.2, 0) is 0 Å². The highest BCUT2D eigenvalue weighted by molar-refractivity contribution is 6.08. The minimum atomic E-state index is -0.233. The highest BCUT2D eigenvalue weighted by atomic mass is 16.5. The Hall–Kier alpha value is -2.95. The van der Waals surface area contributed by atoms with Crippen LogP contribution in [0.5, 0.6) is 5.75 Å². The predicted molar refractivity (Wildman–Crippen MR) is 80.5 cm³/mol. The Kier molecular flexibility index (Phi) is 3.47. The zero-order valence-corrected chi connectivity index (χ0v) is 11.4. The van der Waals surface area contributed by atoms with Crippen LogP contribution >= 0.6 is 0 Å². The molecule has 0 aliphatic rings. The number of rotatable bonds is 3.